The fourth-order valence-corrected chi connectivity index (χ4v) is 3.51. The van der Waals surface area contributed by atoms with E-state index in [0.29, 0.717) is 0 Å². The van der Waals surface area contributed by atoms with E-state index in [2.05, 4.69) is 31.0 Å². The Labute approximate surface area is 152 Å². The fraction of sp³-hybridized carbons (Fsp3) is 0.909. The van der Waals surface area contributed by atoms with Gasteiger partial charge < -0.3 is 9.64 Å². The van der Waals surface area contributed by atoms with E-state index in [1.54, 1.807) is 0 Å². The van der Waals surface area contributed by atoms with E-state index in [9.17, 15) is 0 Å². The summed E-state index contributed by atoms with van der Waals surface area (Å²) in [6.45, 7) is 6.71. The van der Waals surface area contributed by atoms with Crippen LogP contribution in [0.3, 0.4) is 0 Å². The summed E-state index contributed by atoms with van der Waals surface area (Å²) in [4.78, 5) is 2.41. The first-order valence-electron chi connectivity index (χ1n) is 10.7. The molecule has 142 valence electrons. The third-order valence-electron chi connectivity index (χ3n) is 5.14. The van der Waals surface area contributed by atoms with Gasteiger partial charge in [-0.25, -0.2) is 0 Å². The molecule has 0 bridgehead atoms. The van der Waals surface area contributed by atoms with Crippen molar-refractivity contribution in [1.29, 1.82) is 0 Å². The highest BCUT2D eigenvalue weighted by Crippen LogP contribution is 2.14. The molecule has 1 fully saturated rings. The van der Waals surface area contributed by atoms with Gasteiger partial charge in [0.1, 0.15) is 0 Å². The number of rotatable bonds is 16. The van der Waals surface area contributed by atoms with E-state index in [4.69, 9.17) is 4.74 Å². The molecule has 2 heteroatoms. The molecular weight excluding hydrogens is 294 g/mol. The second-order valence-electron chi connectivity index (χ2n) is 7.72. The van der Waals surface area contributed by atoms with Crippen molar-refractivity contribution >= 4 is 0 Å². The summed E-state index contributed by atoms with van der Waals surface area (Å²) in [7, 11) is 2.21. The molecule has 24 heavy (non-hydrogen) atoms. The van der Waals surface area contributed by atoms with Crippen LogP contribution in [-0.2, 0) is 4.74 Å². The Morgan fingerprint density at radius 3 is 2.12 bits per heavy atom. The molecule has 1 heterocycles. The highest BCUT2D eigenvalue weighted by atomic mass is 16.5. The molecule has 1 rings (SSSR count). The van der Waals surface area contributed by atoms with Crippen molar-refractivity contribution in [3.8, 4) is 0 Å². The summed E-state index contributed by atoms with van der Waals surface area (Å²) in [5.41, 5.74) is 0. The van der Waals surface area contributed by atoms with Crippen LogP contribution in [0.25, 0.3) is 0 Å². The third kappa shape index (κ3) is 13.0. The summed E-state index contributed by atoms with van der Waals surface area (Å²) in [5.74, 6) is 0.787. The molecule has 0 saturated carbocycles. The van der Waals surface area contributed by atoms with Gasteiger partial charge in [0.25, 0.3) is 0 Å². The van der Waals surface area contributed by atoms with Crippen LogP contribution in [0.4, 0.5) is 0 Å². The lowest BCUT2D eigenvalue weighted by Gasteiger charge is -2.10. The summed E-state index contributed by atoms with van der Waals surface area (Å²) >= 11 is 0. The van der Waals surface area contributed by atoms with Crippen molar-refractivity contribution in [2.75, 3.05) is 33.4 Å². The number of likely N-dealkylation sites (tertiary alicyclic amines) is 1. The Kier molecular flexibility index (Phi) is 14.6. The number of nitrogens with zero attached hydrogens (tertiary/aromatic N) is 1. The summed E-state index contributed by atoms with van der Waals surface area (Å²) in [6, 6.07) is 0. The van der Waals surface area contributed by atoms with Crippen LogP contribution in [0.1, 0.15) is 90.4 Å². The molecule has 0 aromatic carbocycles. The van der Waals surface area contributed by atoms with Crippen LogP contribution in [0.15, 0.2) is 12.2 Å². The number of unbranched alkanes of at least 4 members (excludes halogenated alkanes) is 10. The molecule has 1 atom stereocenters. The zero-order valence-corrected chi connectivity index (χ0v) is 16.6. The van der Waals surface area contributed by atoms with Crippen molar-refractivity contribution in [1.82, 2.24) is 4.90 Å². The van der Waals surface area contributed by atoms with E-state index >= 15 is 0 Å². The molecule has 0 aliphatic carbocycles. The van der Waals surface area contributed by atoms with Crippen molar-refractivity contribution in [3.05, 3.63) is 12.2 Å². The molecule has 1 aliphatic heterocycles. The molecule has 0 N–H and O–H groups in total. The number of hydrogen-bond acceptors (Lipinski definition) is 2. The second-order valence-corrected chi connectivity index (χ2v) is 7.72. The van der Waals surface area contributed by atoms with Crippen molar-refractivity contribution < 1.29 is 4.74 Å². The van der Waals surface area contributed by atoms with Gasteiger partial charge in [0.2, 0.25) is 0 Å². The Balaban J connectivity index is 1.71. The highest BCUT2D eigenvalue weighted by molar-refractivity contribution is 4.81. The van der Waals surface area contributed by atoms with Gasteiger partial charge in [-0.1, -0.05) is 64.0 Å². The minimum Gasteiger partial charge on any atom is -0.381 e. The topological polar surface area (TPSA) is 12.5 Å². The first-order valence-corrected chi connectivity index (χ1v) is 10.7. The minimum atomic E-state index is 0.787. The van der Waals surface area contributed by atoms with Gasteiger partial charge in [-0.3, -0.25) is 0 Å². The predicted octanol–water partition coefficient (Wildman–Crippen LogP) is 6.21. The maximum Gasteiger partial charge on any atom is 0.0506 e. The van der Waals surface area contributed by atoms with Gasteiger partial charge >= 0.3 is 0 Å². The third-order valence-corrected chi connectivity index (χ3v) is 5.14. The Hall–Kier alpha value is -0.340. The smallest absolute Gasteiger partial charge is 0.0506 e. The van der Waals surface area contributed by atoms with Gasteiger partial charge in [0.05, 0.1) is 6.61 Å². The normalized spacial score (nSPS) is 18.8. The van der Waals surface area contributed by atoms with Crippen LogP contribution in [0.5, 0.6) is 0 Å². The van der Waals surface area contributed by atoms with E-state index < -0.39 is 0 Å². The standard InChI is InChI=1S/C22H43NO/c1-3-4-5-6-7-8-9-10-11-12-13-14-15-16-19-24-21-22-17-18-23(2)20-22/h8-9,22H,3-7,10-21H2,1-2H3/b9-8-. The monoisotopic (exact) mass is 337 g/mol. The second kappa shape index (κ2) is 16.1. The van der Waals surface area contributed by atoms with Gasteiger partial charge in [-0.15, -0.1) is 0 Å². The molecule has 1 aliphatic rings. The first-order chi connectivity index (χ1) is 11.8. The van der Waals surface area contributed by atoms with E-state index in [1.807, 2.05) is 0 Å². The number of hydrogen-bond donors (Lipinski definition) is 0. The van der Waals surface area contributed by atoms with Crippen LogP contribution in [-0.4, -0.2) is 38.3 Å². The van der Waals surface area contributed by atoms with Gasteiger partial charge in [-0.05, 0) is 58.0 Å². The average Bonchev–Trinajstić information content (AvgIpc) is 3.00. The maximum absolute atomic E-state index is 5.84. The Bertz CT molecular complexity index is 290. The fourth-order valence-electron chi connectivity index (χ4n) is 3.51. The SMILES string of the molecule is CCCCCC/C=C\CCCCCCCCOCC1CCN(C)C1. The summed E-state index contributed by atoms with van der Waals surface area (Å²) < 4.78 is 5.84. The highest BCUT2D eigenvalue weighted by Gasteiger charge is 2.18. The van der Waals surface area contributed by atoms with Crippen LogP contribution < -0.4 is 0 Å². The van der Waals surface area contributed by atoms with E-state index in [1.165, 1.54) is 96.6 Å². The lowest BCUT2D eigenvalue weighted by Crippen LogP contribution is -2.17. The molecule has 2 nitrogen and oxygen atoms in total. The van der Waals surface area contributed by atoms with Crippen LogP contribution in [0, 0.1) is 5.92 Å². The molecular formula is C22H43NO. The summed E-state index contributed by atoms with van der Waals surface area (Å²) in [6.07, 6.45) is 22.4. The molecule has 0 spiro atoms. The van der Waals surface area contributed by atoms with Crippen LogP contribution >= 0.6 is 0 Å². The molecule has 1 saturated heterocycles. The molecule has 0 amide bonds. The van der Waals surface area contributed by atoms with Gasteiger partial charge in [-0.2, -0.15) is 0 Å². The average molecular weight is 338 g/mol. The quantitative estimate of drug-likeness (QED) is 0.245. The Morgan fingerprint density at radius 2 is 1.50 bits per heavy atom. The number of ether oxygens (including phenoxy) is 1. The van der Waals surface area contributed by atoms with Gasteiger partial charge in [0, 0.05) is 13.2 Å². The number of allylic oxidation sites excluding steroid dienone is 2. The van der Waals surface area contributed by atoms with Crippen molar-refractivity contribution in [3.63, 3.8) is 0 Å². The zero-order valence-electron chi connectivity index (χ0n) is 16.6. The molecule has 0 radical (unpaired) electrons. The lowest BCUT2D eigenvalue weighted by atomic mass is 10.1. The first kappa shape index (κ1) is 21.7. The van der Waals surface area contributed by atoms with Crippen molar-refractivity contribution in [2.45, 2.75) is 90.4 Å². The molecule has 0 aromatic heterocycles. The van der Waals surface area contributed by atoms with Gasteiger partial charge in [0.15, 0.2) is 0 Å². The van der Waals surface area contributed by atoms with Crippen LogP contribution in [0.2, 0.25) is 0 Å². The minimum absolute atomic E-state index is 0.787. The molecule has 1 unspecified atom stereocenters. The van der Waals surface area contributed by atoms with E-state index in [0.717, 1.165) is 19.1 Å². The zero-order chi connectivity index (χ0) is 17.3. The molecule has 0 aromatic rings. The Morgan fingerprint density at radius 1 is 0.875 bits per heavy atom. The van der Waals surface area contributed by atoms with E-state index in [-0.39, 0.29) is 0 Å². The van der Waals surface area contributed by atoms with Crippen molar-refractivity contribution in [2.24, 2.45) is 5.92 Å². The largest absolute Gasteiger partial charge is 0.381 e. The lowest BCUT2D eigenvalue weighted by molar-refractivity contribution is 0.0986. The predicted molar refractivity (Wildman–Crippen MR) is 107 cm³/mol. The maximum atomic E-state index is 5.84. The summed E-state index contributed by atoms with van der Waals surface area (Å²) in [5, 5.41) is 0.